The molecular formula is C18H32N4O2. The molecule has 0 heterocycles. The van der Waals surface area contributed by atoms with Gasteiger partial charge in [-0.15, -0.1) is 0 Å². The van der Waals surface area contributed by atoms with E-state index in [0.29, 0.717) is 18.3 Å². The Labute approximate surface area is 146 Å². The molecule has 0 spiro atoms. The van der Waals surface area contributed by atoms with Gasteiger partial charge in [0, 0.05) is 12.6 Å². The molecule has 6 nitrogen and oxygen atoms in total. The number of nitrogens with one attached hydrogen (secondary N) is 1. The lowest BCUT2D eigenvalue weighted by Gasteiger charge is -2.20. The Bertz CT molecular complexity index is 500. The minimum Gasteiger partial charge on any atom is -0.497 e. The maximum Gasteiger partial charge on any atom is 0.193 e. The third-order valence-corrected chi connectivity index (χ3v) is 3.66. The van der Waals surface area contributed by atoms with E-state index in [1.54, 1.807) is 14.2 Å². The van der Waals surface area contributed by atoms with Gasteiger partial charge in [-0.25, -0.2) is 0 Å². The first-order valence-electron chi connectivity index (χ1n) is 8.65. The number of ether oxygens (including phenoxy) is 2. The highest BCUT2D eigenvalue weighted by Crippen LogP contribution is 2.28. The number of nitrogens with two attached hydrogens (primary N) is 1. The number of hydrogen-bond donors (Lipinski definition) is 2. The second-order valence-corrected chi connectivity index (χ2v) is 5.65. The van der Waals surface area contributed by atoms with Crippen LogP contribution in [-0.2, 0) is 0 Å². The molecule has 0 aliphatic heterocycles. The molecule has 0 atom stereocenters. The minimum atomic E-state index is 0.388. The van der Waals surface area contributed by atoms with Gasteiger partial charge >= 0.3 is 0 Å². The van der Waals surface area contributed by atoms with E-state index in [1.165, 1.54) is 12.8 Å². The van der Waals surface area contributed by atoms with Crippen LogP contribution < -0.4 is 20.5 Å². The molecule has 0 saturated heterocycles. The molecule has 136 valence electrons. The molecule has 0 aliphatic carbocycles. The van der Waals surface area contributed by atoms with E-state index < -0.39 is 0 Å². The van der Waals surface area contributed by atoms with Crippen molar-refractivity contribution in [3.8, 4) is 11.5 Å². The SMILES string of the molecule is CCCN(CCC)CCCN=C(N)Nc1cc(OC)ccc1OC. The Balaban J connectivity index is 2.52. The van der Waals surface area contributed by atoms with Crippen LogP contribution in [0.15, 0.2) is 23.2 Å². The topological polar surface area (TPSA) is 72.1 Å². The van der Waals surface area contributed by atoms with Crippen LogP contribution >= 0.6 is 0 Å². The number of aliphatic imine (C=N–C) groups is 1. The summed E-state index contributed by atoms with van der Waals surface area (Å²) in [5.74, 6) is 1.82. The summed E-state index contributed by atoms with van der Waals surface area (Å²) in [5.41, 5.74) is 6.73. The summed E-state index contributed by atoms with van der Waals surface area (Å²) in [6, 6.07) is 5.51. The van der Waals surface area contributed by atoms with Gasteiger partial charge in [-0.3, -0.25) is 4.99 Å². The summed E-state index contributed by atoms with van der Waals surface area (Å²) in [6.07, 6.45) is 3.36. The number of nitrogens with zero attached hydrogens (tertiary/aromatic N) is 2. The number of benzene rings is 1. The number of hydrogen-bond acceptors (Lipinski definition) is 4. The first-order chi connectivity index (χ1) is 11.6. The van der Waals surface area contributed by atoms with E-state index in [1.807, 2.05) is 18.2 Å². The van der Waals surface area contributed by atoms with Crippen LogP contribution in [0.3, 0.4) is 0 Å². The molecular weight excluding hydrogens is 304 g/mol. The van der Waals surface area contributed by atoms with Gasteiger partial charge in [-0.2, -0.15) is 0 Å². The summed E-state index contributed by atoms with van der Waals surface area (Å²) in [7, 11) is 3.25. The summed E-state index contributed by atoms with van der Waals surface area (Å²) < 4.78 is 10.5. The highest BCUT2D eigenvalue weighted by molar-refractivity contribution is 5.93. The summed E-state index contributed by atoms with van der Waals surface area (Å²) in [4.78, 5) is 6.88. The van der Waals surface area contributed by atoms with Crippen molar-refractivity contribution < 1.29 is 9.47 Å². The van der Waals surface area contributed by atoms with Crippen molar-refractivity contribution in [3.63, 3.8) is 0 Å². The summed E-state index contributed by atoms with van der Waals surface area (Å²) >= 11 is 0. The fourth-order valence-electron chi connectivity index (χ4n) is 2.55. The van der Waals surface area contributed by atoms with Crippen molar-refractivity contribution in [2.75, 3.05) is 45.7 Å². The van der Waals surface area contributed by atoms with Crippen molar-refractivity contribution in [2.45, 2.75) is 33.1 Å². The van der Waals surface area contributed by atoms with Crippen molar-refractivity contribution >= 4 is 11.6 Å². The molecule has 0 aliphatic rings. The number of methoxy groups -OCH3 is 2. The van der Waals surface area contributed by atoms with Crippen LogP contribution in [0.5, 0.6) is 11.5 Å². The monoisotopic (exact) mass is 336 g/mol. The first kappa shape index (κ1) is 20.1. The van der Waals surface area contributed by atoms with E-state index in [9.17, 15) is 0 Å². The molecule has 1 aromatic carbocycles. The maximum absolute atomic E-state index is 5.98. The van der Waals surface area contributed by atoms with E-state index in [2.05, 4.69) is 29.1 Å². The Morgan fingerprint density at radius 2 is 1.83 bits per heavy atom. The Morgan fingerprint density at radius 3 is 2.42 bits per heavy atom. The van der Waals surface area contributed by atoms with Gasteiger partial charge in [-0.1, -0.05) is 13.8 Å². The fourth-order valence-corrected chi connectivity index (χ4v) is 2.55. The summed E-state index contributed by atoms with van der Waals surface area (Å²) in [6.45, 7) is 8.48. The Morgan fingerprint density at radius 1 is 1.12 bits per heavy atom. The van der Waals surface area contributed by atoms with Crippen molar-refractivity contribution in [3.05, 3.63) is 18.2 Å². The van der Waals surface area contributed by atoms with Gasteiger partial charge < -0.3 is 25.4 Å². The molecule has 1 aromatic rings. The highest BCUT2D eigenvalue weighted by atomic mass is 16.5. The normalized spacial score (nSPS) is 11.6. The van der Waals surface area contributed by atoms with Crippen LogP contribution in [0.25, 0.3) is 0 Å². The standard InChI is InChI=1S/C18H32N4O2/c1-5-11-22(12-6-2)13-7-10-20-18(19)21-16-14-15(23-3)8-9-17(16)24-4/h8-9,14H,5-7,10-13H2,1-4H3,(H3,19,20,21). The van der Waals surface area contributed by atoms with Crippen molar-refractivity contribution in [1.29, 1.82) is 0 Å². The van der Waals surface area contributed by atoms with Gasteiger partial charge in [0.05, 0.1) is 19.9 Å². The minimum absolute atomic E-state index is 0.388. The average Bonchev–Trinajstić information content (AvgIpc) is 2.59. The first-order valence-corrected chi connectivity index (χ1v) is 8.65. The predicted octanol–water partition coefficient (Wildman–Crippen LogP) is 2.94. The lowest BCUT2D eigenvalue weighted by molar-refractivity contribution is 0.273. The van der Waals surface area contributed by atoms with E-state index in [-0.39, 0.29) is 0 Å². The lowest BCUT2D eigenvalue weighted by Crippen LogP contribution is -2.27. The zero-order chi connectivity index (χ0) is 17.8. The molecule has 0 bridgehead atoms. The third-order valence-electron chi connectivity index (χ3n) is 3.66. The molecule has 0 fully saturated rings. The van der Waals surface area contributed by atoms with Crippen LogP contribution in [0, 0.1) is 0 Å². The smallest absolute Gasteiger partial charge is 0.193 e. The molecule has 1 rings (SSSR count). The largest absolute Gasteiger partial charge is 0.497 e. The van der Waals surface area contributed by atoms with Crippen LogP contribution in [0.2, 0.25) is 0 Å². The van der Waals surface area contributed by atoms with Crippen LogP contribution in [0.1, 0.15) is 33.1 Å². The second kappa shape index (κ2) is 11.6. The van der Waals surface area contributed by atoms with Gasteiger partial charge in [0.2, 0.25) is 0 Å². The van der Waals surface area contributed by atoms with E-state index >= 15 is 0 Å². The zero-order valence-electron chi connectivity index (χ0n) is 15.5. The molecule has 3 N–H and O–H groups in total. The molecule has 6 heteroatoms. The quantitative estimate of drug-likeness (QED) is 0.369. The van der Waals surface area contributed by atoms with Crippen LogP contribution in [-0.4, -0.2) is 51.3 Å². The second-order valence-electron chi connectivity index (χ2n) is 5.65. The molecule has 24 heavy (non-hydrogen) atoms. The molecule has 0 aromatic heterocycles. The zero-order valence-corrected chi connectivity index (χ0v) is 15.5. The predicted molar refractivity (Wildman–Crippen MR) is 101 cm³/mol. The molecule has 0 amide bonds. The molecule has 0 unspecified atom stereocenters. The maximum atomic E-state index is 5.98. The summed E-state index contributed by atoms with van der Waals surface area (Å²) in [5, 5.41) is 3.08. The van der Waals surface area contributed by atoms with Gasteiger partial charge in [0.1, 0.15) is 11.5 Å². The third kappa shape index (κ3) is 7.08. The molecule has 0 radical (unpaired) electrons. The van der Waals surface area contributed by atoms with Gasteiger partial charge in [0.25, 0.3) is 0 Å². The van der Waals surface area contributed by atoms with Crippen LogP contribution in [0.4, 0.5) is 5.69 Å². The Kier molecular flexibility index (Phi) is 9.68. The van der Waals surface area contributed by atoms with Crippen molar-refractivity contribution in [1.82, 2.24) is 4.90 Å². The number of anilines is 1. The lowest BCUT2D eigenvalue weighted by atomic mass is 10.2. The van der Waals surface area contributed by atoms with Gasteiger partial charge in [-0.05, 0) is 51.0 Å². The highest BCUT2D eigenvalue weighted by Gasteiger charge is 2.06. The van der Waals surface area contributed by atoms with Gasteiger partial charge in [0.15, 0.2) is 5.96 Å². The van der Waals surface area contributed by atoms with E-state index in [4.69, 9.17) is 15.2 Å². The molecule has 0 saturated carbocycles. The van der Waals surface area contributed by atoms with E-state index in [0.717, 1.165) is 37.5 Å². The fraction of sp³-hybridized carbons (Fsp3) is 0.611. The number of guanidine groups is 1. The average molecular weight is 336 g/mol. The van der Waals surface area contributed by atoms with Crippen molar-refractivity contribution in [2.24, 2.45) is 10.7 Å². The Hall–Kier alpha value is -1.95. The number of rotatable bonds is 11.